The summed E-state index contributed by atoms with van der Waals surface area (Å²) >= 11 is 0. The number of methoxy groups -OCH3 is 1. The number of ether oxygens (including phenoxy) is 1. The number of pyridine rings is 1. The standard InChI is InChI=1S/C13H18N2O2/c1-17-12(16)13(5-6-13)10-15-8-4-11-3-2-7-14-9-11/h2-3,7,9,15H,4-6,8,10H2,1H3. The Hall–Kier alpha value is -1.42. The summed E-state index contributed by atoms with van der Waals surface area (Å²) in [4.78, 5) is 15.6. The number of nitrogens with one attached hydrogen (secondary N) is 1. The summed E-state index contributed by atoms with van der Waals surface area (Å²) in [7, 11) is 1.46. The topological polar surface area (TPSA) is 51.2 Å². The lowest BCUT2D eigenvalue weighted by atomic mass is 10.1. The van der Waals surface area contributed by atoms with Crippen molar-refractivity contribution in [2.24, 2.45) is 5.41 Å². The number of hydrogen-bond donors (Lipinski definition) is 1. The van der Waals surface area contributed by atoms with E-state index in [4.69, 9.17) is 4.74 Å². The Morgan fingerprint density at radius 3 is 3.00 bits per heavy atom. The zero-order valence-electron chi connectivity index (χ0n) is 10.1. The molecule has 0 atom stereocenters. The van der Waals surface area contributed by atoms with E-state index in [9.17, 15) is 4.79 Å². The molecular weight excluding hydrogens is 216 g/mol. The van der Waals surface area contributed by atoms with Crippen molar-refractivity contribution < 1.29 is 9.53 Å². The van der Waals surface area contributed by atoms with E-state index < -0.39 is 0 Å². The van der Waals surface area contributed by atoms with Crippen molar-refractivity contribution in [1.82, 2.24) is 10.3 Å². The fourth-order valence-corrected chi connectivity index (χ4v) is 1.93. The number of aromatic nitrogens is 1. The van der Waals surface area contributed by atoms with Crippen LogP contribution in [0.4, 0.5) is 0 Å². The van der Waals surface area contributed by atoms with E-state index >= 15 is 0 Å². The molecule has 1 aromatic heterocycles. The van der Waals surface area contributed by atoms with Crippen LogP contribution in [0.25, 0.3) is 0 Å². The van der Waals surface area contributed by atoms with Gasteiger partial charge in [-0.25, -0.2) is 0 Å². The first kappa shape index (κ1) is 12.0. The summed E-state index contributed by atoms with van der Waals surface area (Å²) in [6.07, 6.45) is 6.46. The van der Waals surface area contributed by atoms with E-state index in [2.05, 4.69) is 16.4 Å². The van der Waals surface area contributed by atoms with Gasteiger partial charge in [-0.05, 0) is 37.4 Å². The van der Waals surface area contributed by atoms with Crippen LogP contribution in [0.3, 0.4) is 0 Å². The van der Waals surface area contributed by atoms with Gasteiger partial charge in [0, 0.05) is 18.9 Å². The number of carbonyl (C=O) groups excluding carboxylic acids is 1. The van der Waals surface area contributed by atoms with Crippen molar-refractivity contribution in [3.63, 3.8) is 0 Å². The van der Waals surface area contributed by atoms with Crippen LogP contribution >= 0.6 is 0 Å². The van der Waals surface area contributed by atoms with Gasteiger partial charge in [-0.15, -0.1) is 0 Å². The van der Waals surface area contributed by atoms with Crippen LogP contribution in [0.15, 0.2) is 24.5 Å². The summed E-state index contributed by atoms with van der Waals surface area (Å²) < 4.78 is 4.80. The molecule has 0 saturated heterocycles. The summed E-state index contributed by atoms with van der Waals surface area (Å²) in [5.41, 5.74) is 0.979. The normalized spacial score (nSPS) is 16.5. The molecule has 4 nitrogen and oxygen atoms in total. The number of nitrogens with zero attached hydrogens (tertiary/aromatic N) is 1. The third-order valence-corrected chi connectivity index (χ3v) is 3.25. The van der Waals surface area contributed by atoms with E-state index in [-0.39, 0.29) is 11.4 Å². The Labute approximate surface area is 101 Å². The Balaban J connectivity index is 1.69. The SMILES string of the molecule is COC(=O)C1(CNCCc2cccnc2)CC1. The number of carbonyl (C=O) groups is 1. The van der Waals surface area contributed by atoms with Gasteiger partial charge in [0.15, 0.2) is 0 Å². The number of hydrogen-bond acceptors (Lipinski definition) is 4. The molecule has 1 aromatic rings. The molecule has 1 N–H and O–H groups in total. The lowest BCUT2D eigenvalue weighted by Gasteiger charge is -2.13. The third kappa shape index (κ3) is 3.03. The quantitative estimate of drug-likeness (QED) is 0.593. The van der Waals surface area contributed by atoms with Crippen molar-refractivity contribution in [3.05, 3.63) is 30.1 Å². The lowest BCUT2D eigenvalue weighted by molar-refractivity contribution is -0.146. The van der Waals surface area contributed by atoms with Gasteiger partial charge in [-0.3, -0.25) is 9.78 Å². The average molecular weight is 234 g/mol. The molecule has 0 unspecified atom stereocenters. The predicted octanol–water partition coefficient (Wildman–Crippen LogP) is 1.17. The van der Waals surface area contributed by atoms with Gasteiger partial charge in [0.05, 0.1) is 12.5 Å². The monoisotopic (exact) mass is 234 g/mol. The van der Waals surface area contributed by atoms with Crippen molar-refractivity contribution in [1.29, 1.82) is 0 Å². The lowest BCUT2D eigenvalue weighted by Crippen LogP contribution is -2.32. The molecule has 17 heavy (non-hydrogen) atoms. The smallest absolute Gasteiger partial charge is 0.313 e. The number of rotatable bonds is 6. The summed E-state index contributed by atoms with van der Waals surface area (Å²) in [6.45, 7) is 1.59. The van der Waals surface area contributed by atoms with Gasteiger partial charge in [0.1, 0.15) is 0 Å². The molecule has 2 rings (SSSR count). The highest BCUT2D eigenvalue weighted by molar-refractivity contribution is 5.80. The highest BCUT2D eigenvalue weighted by Gasteiger charge is 2.50. The van der Waals surface area contributed by atoms with Gasteiger partial charge in [0.25, 0.3) is 0 Å². The molecule has 0 spiro atoms. The van der Waals surface area contributed by atoms with E-state index in [1.165, 1.54) is 12.7 Å². The predicted molar refractivity (Wildman–Crippen MR) is 64.5 cm³/mol. The van der Waals surface area contributed by atoms with Crippen molar-refractivity contribution >= 4 is 5.97 Å². The van der Waals surface area contributed by atoms with Gasteiger partial charge in [-0.1, -0.05) is 6.07 Å². The highest BCUT2D eigenvalue weighted by Crippen LogP contribution is 2.45. The van der Waals surface area contributed by atoms with Crippen molar-refractivity contribution in [3.8, 4) is 0 Å². The van der Waals surface area contributed by atoms with E-state index in [0.29, 0.717) is 0 Å². The molecule has 4 heteroatoms. The molecule has 0 amide bonds. The van der Waals surface area contributed by atoms with E-state index in [1.54, 1.807) is 6.20 Å². The summed E-state index contributed by atoms with van der Waals surface area (Å²) in [5.74, 6) is -0.0774. The molecule has 0 radical (unpaired) electrons. The molecule has 92 valence electrons. The zero-order chi connectivity index (χ0) is 12.1. The van der Waals surface area contributed by atoms with Crippen LogP contribution in [0.5, 0.6) is 0 Å². The summed E-state index contributed by atoms with van der Waals surface area (Å²) in [5, 5.41) is 3.32. The molecule has 1 fully saturated rings. The second-order valence-electron chi connectivity index (χ2n) is 4.56. The molecule has 0 bridgehead atoms. The van der Waals surface area contributed by atoms with Crippen LogP contribution in [0, 0.1) is 5.41 Å². The first-order valence-corrected chi connectivity index (χ1v) is 5.95. The van der Waals surface area contributed by atoms with Gasteiger partial charge in [-0.2, -0.15) is 0 Å². The summed E-state index contributed by atoms with van der Waals surface area (Å²) in [6, 6.07) is 3.99. The second-order valence-corrected chi connectivity index (χ2v) is 4.56. The van der Waals surface area contributed by atoms with Gasteiger partial charge >= 0.3 is 5.97 Å². The maximum Gasteiger partial charge on any atom is 0.313 e. The number of esters is 1. The Bertz CT molecular complexity index is 374. The van der Waals surface area contributed by atoms with Gasteiger partial charge < -0.3 is 10.1 Å². The van der Waals surface area contributed by atoms with Crippen molar-refractivity contribution in [2.45, 2.75) is 19.3 Å². The molecule has 1 saturated carbocycles. The molecule has 1 heterocycles. The van der Waals surface area contributed by atoms with Crippen LogP contribution < -0.4 is 5.32 Å². The fraction of sp³-hybridized carbons (Fsp3) is 0.538. The Morgan fingerprint density at radius 1 is 1.59 bits per heavy atom. The molecule has 0 aliphatic heterocycles. The van der Waals surface area contributed by atoms with E-state index in [0.717, 1.165) is 32.4 Å². The molecule has 1 aliphatic carbocycles. The van der Waals surface area contributed by atoms with Crippen LogP contribution in [-0.2, 0) is 16.0 Å². The third-order valence-electron chi connectivity index (χ3n) is 3.25. The van der Waals surface area contributed by atoms with Gasteiger partial charge in [0.2, 0.25) is 0 Å². The molecule has 0 aromatic carbocycles. The largest absolute Gasteiger partial charge is 0.469 e. The van der Waals surface area contributed by atoms with Crippen molar-refractivity contribution in [2.75, 3.05) is 20.2 Å². The second kappa shape index (κ2) is 5.27. The Morgan fingerprint density at radius 2 is 2.41 bits per heavy atom. The minimum absolute atomic E-state index is 0.0774. The first-order chi connectivity index (χ1) is 8.27. The first-order valence-electron chi connectivity index (χ1n) is 5.95. The minimum atomic E-state index is -0.232. The molecule has 1 aliphatic rings. The fourth-order valence-electron chi connectivity index (χ4n) is 1.93. The maximum atomic E-state index is 11.5. The van der Waals surface area contributed by atoms with Crippen LogP contribution in [-0.4, -0.2) is 31.2 Å². The minimum Gasteiger partial charge on any atom is -0.469 e. The van der Waals surface area contributed by atoms with Crippen LogP contribution in [0.1, 0.15) is 18.4 Å². The van der Waals surface area contributed by atoms with E-state index in [1.807, 2.05) is 12.3 Å². The van der Waals surface area contributed by atoms with Crippen LogP contribution in [0.2, 0.25) is 0 Å². The highest BCUT2D eigenvalue weighted by atomic mass is 16.5. The zero-order valence-corrected chi connectivity index (χ0v) is 10.1. The maximum absolute atomic E-state index is 11.5. The Kier molecular flexibility index (Phi) is 3.74. The average Bonchev–Trinajstić information content (AvgIpc) is 3.16. The molecular formula is C13H18N2O2.